The van der Waals surface area contributed by atoms with Gasteiger partial charge in [-0.3, -0.25) is 0 Å². The summed E-state index contributed by atoms with van der Waals surface area (Å²) in [7, 11) is 1.51. The highest BCUT2D eigenvalue weighted by Crippen LogP contribution is 2.21. The number of nitrogen functional groups attached to an aromatic ring is 1. The quantitative estimate of drug-likeness (QED) is 0.704. The van der Waals surface area contributed by atoms with Gasteiger partial charge in [0.25, 0.3) is 6.01 Å². The van der Waals surface area contributed by atoms with Gasteiger partial charge in [0.1, 0.15) is 12.1 Å². The Hall–Kier alpha value is -2.83. The smallest absolute Gasteiger partial charge is 0.475 e. The summed E-state index contributed by atoms with van der Waals surface area (Å²) in [6.45, 7) is 1.21. The molecule has 0 radical (unpaired) electrons. The van der Waals surface area contributed by atoms with E-state index in [-0.39, 0.29) is 17.9 Å². The van der Waals surface area contributed by atoms with Crippen LogP contribution in [0.2, 0.25) is 0 Å². The molecule has 0 spiro atoms. The van der Waals surface area contributed by atoms with E-state index in [1.165, 1.54) is 7.11 Å². The van der Waals surface area contributed by atoms with Crippen LogP contribution in [0.4, 0.5) is 19.0 Å². The van der Waals surface area contributed by atoms with E-state index in [4.69, 9.17) is 29.8 Å². The largest absolute Gasteiger partial charge is 0.490 e. The number of hydrogen-bond donors (Lipinski definition) is 3. The Morgan fingerprint density at radius 3 is 2.63 bits per heavy atom. The molecule has 27 heavy (non-hydrogen) atoms. The minimum atomic E-state index is -5.08. The van der Waals surface area contributed by atoms with Crippen molar-refractivity contribution < 1.29 is 37.3 Å². The Kier molecular flexibility index (Phi) is 6.60. The number of nitrogens with one attached hydrogen (secondary N) is 1. The number of alkyl halides is 3. The van der Waals surface area contributed by atoms with Gasteiger partial charge in [-0.2, -0.15) is 28.1 Å². The molecule has 1 saturated heterocycles. The maximum absolute atomic E-state index is 10.6. The van der Waals surface area contributed by atoms with Crippen LogP contribution in [0.25, 0.3) is 11.2 Å². The molecule has 2 aromatic rings. The average molecular weight is 393 g/mol. The molecule has 3 rings (SSSR count). The first kappa shape index (κ1) is 20.5. The number of aromatic nitrogens is 4. The highest BCUT2D eigenvalue weighted by Gasteiger charge is 2.38. The second-order valence-electron chi connectivity index (χ2n) is 5.44. The van der Waals surface area contributed by atoms with E-state index in [9.17, 15) is 13.2 Å². The summed E-state index contributed by atoms with van der Waals surface area (Å²) in [4.78, 5) is 24.2. The predicted molar refractivity (Wildman–Crippen MR) is 85.4 cm³/mol. The first-order valence-corrected chi connectivity index (χ1v) is 7.82. The van der Waals surface area contributed by atoms with Crippen molar-refractivity contribution in [2.45, 2.75) is 31.5 Å². The maximum Gasteiger partial charge on any atom is 0.490 e. The van der Waals surface area contributed by atoms with Gasteiger partial charge in [0.15, 0.2) is 11.5 Å². The van der Waals surface area contributed by atoms with Crippen LogP contribution >= 0.6 is 0 Å². The SMILES string of the molecule is COc1nc2nc(OCC3CCCCO3)nc(N)c2[nH]1.O=C(O)C(F)(F)F. The number of nitrogens with two attached hydrogens (primary N) is 1. The first-order chi connectivity index (χ1) is 12.7. The molecule has 2 aromatic heterocycles. The zero-order valence-corrected chi connectivity index (χ0v) is 14.2. The van der Waals surface area contributed by atoms with E-state index in [2.05, 4.69) is 19.9 Å². The van der Waals surface area contributed by atoms with Crippen molar-refractivity contribution in [1.29, 1.82) is 0 Å². The van der Waals surface area contributed by atoms with Crippen LogP contribution < -0.4 is 15.2 Å². The second-order valence-corrected chi connectivity index (χ2v) is 5.44. The van der Waals surface area contributed by atoms with Crippen molar-refractivity contribution in [3.63, 3.8) is 0 Å². The Balaban J connectivity index is 0.000000321. The van der Waals surface area contributed by atoms with Crippen molar-refractivity contribution >= 4 is 23.0 Å². The van der Waals surface area contributed by atoms with Gasteiger partial charge in [0.05, 0.1) is 13.2 Å². The molecule has 1 aliphatic heterocycles. The molecule has 1 unspecified atom stereocenters. The van der Waals surface area contributed by atoms with Crippen molar-refractivity contribution in [3.05, 3.63) is 0 Å². The Bertz CT molecular complexity index is 776. The second kappa shape index (κ2) is 8.70. The van der Waals surface area contributed by atoms with Gasteiger partial charge in [-0.25, -0.2) is 4.79 Å². The summed E-state index contributed by atoms with van der Waals surface area (Å²) in [6.07, 6.45) is -1.72. The number of imidazole rings is 1. The Labute approximate surface area is 150 Å². The lowest BCUT2D eigenvalue weighted by molar-refractivity contribution is -0.192. The van der Waals surface area contributed by atoms with Gasteiger partial charge in [-0.05, 0) is 19.3 Å². The number of carbonyl (C=O) groups is 1. The number of H-pyrrole nitrogens is 1. The normalized spacial score (nSPS) is 17.1. The molecule has 150 valence electrons. The minimum absolute atomic E-state index is 0.0954. The lowest BCUT2D eigenvalue weighted by Crippen LogP contribution is -2.26. The fourth-order valence-electron chi connectivity index (χ4n) is 2.14. The van der Waals surface area contributed by atoms with E-state index in [1.807, 2.05) is 0 Å². The van der Waals surface area contributed by atoms with Crippen LogP contribution in [0.3, 0.4) is 0 Å². The molecular formula is C14H18F3N5O5. The molecule has 1 fully saturated rings. The number of carboxylic acids is 1. The number of fused-ring (bicyclic) bond motifs is 1. The average Bonchev–Trinajstić information content (AvgIpc) is 3.04. The van der Waals surface area contributed by atoms with Gasteiger partial charge in [0.2, 0.25) is 0 Å². The third-order valence-electron chi connectivity index (χ3n) is 3.44. The molecule has 0 bridgehead atoms. The molecule has 0 amide bonds. The van der Waals surface area contributed by atoms with Crippen LogP contribution in [-0.4, -0.2) is 63.6 Å². The van der Waals surface area contributed by atoms with Gasteiger partial charge in [0, 0.05) is 6.61 Å². The van der Waals surface area contributed by atoms with Crippen LogP contribution in [0.5, 0.6) is 12.0 Å². The summed E-state index contributed by atoms with van der Waals surface area (Å²) in [6, 6.07) is 0.548. The molecular weight excluding hydrogens is 375 g/mol. The summed E-state index contributed by atoms with van der Waals surface area (Å²) in [5.74, 6) is -2.47. The molecule has 0 aliphatic carbocycles. The number of carboxylic acid groups (broad SMARTS) is 1. The lowest BCUT2D eigenvalue weighted by atomic mass is 10.1. The number of ether oxygens (including phenoxy) is 3. The monoisotopic (exact) mass is 393 g/mol. The fourth-order valence-corrected chi connectivity index (χ4v) is 2.14. The maximum atomic E-state index is 10.6. The third-order valence-corrected chi connectivity index (χ3v) is 3.44. The zero-order valence-electron chi connectivity index (χ0n) is 14.2. The predicted octanol–water partition coefficient (Wildman–Crippen LogP) is 1.52. The number of aliphatic carboxylic acids is 1. The Morgan fingerprint density at radius 1 is 1.37 bits per heavy atom. The summed E-state index contributed by atoms with van der Waals surface area (Å²) in [5.41, 5.74) is 6.81. The standard InChI is InChI=1S/C12H17N5O3.C2HF3O2/c1-18-11-14-8-9(13)15-12(17-10(8)16-11)20-6-7-4-2-3-5-19-7;3-2(4,5)1(6)7/h7H,2-6H2,1H3,(H3,13,14,15,16,17);(H,6,7). The highest BCUT2D eigenvalue weighted by molar-refractivity contribution is 5.82. The van der Waals surface area contributed by atoms with Gasteiger partial charge in [-0.15, -0.1) is 0 Å². The van der Waals surface area contributed by atoms with Crippen molar-refractivity contribution in [3.8, 4) is 12.0 Å². The number of aromatic amines is 1. The molecule has 0 aromatic carbocycles. The minimum Gasteiger partial charge on any atom is -0.475 e. The summed E-state index contributed by atoms with van der Waals surface area (Å²) >= 11 is 0. The van der Waals surface area contributed by atoms with E-state index in [0.717, 1.165) is 25.9 Å². The molecule has 1 atom stereocenters. The summed E-state index contributed by atoms with van der Waals surface area (Å²) in [5, 5.41) is 7.12. The fraction of sp³-hybridized carbons (Fsp3) is 0.571. The third kappa shape index (κ3) is 5.84. The number of methoxy groups -OCH3 is 1. The molecule has 13 heteroatoms. The highest BCUT2D eigenvalue weighted by atomic mass is 19.4. The molecule has 4 N–H and O–H groups in total. The van der Waals surface area contributed by atoms with Crippen molar-refractivity contribution in [2.75, 3.05) is 26.1 Å². The van der Waals surface area contributed by atoms with Crippen LogP contribution in [0, 0.1) is 0 Å². The molecule has 1 aliphatic rings. The Morgan fingerprint density at radius 2 is 2.07 bits per heavy atom. The lowest BCUT2D eigenvalue weighted by Gasteiger charge is -2.21. The number of hydrogen-bond acceptors (Lipinski definition) is 8. The van der Waals surface area contributed by atoms with Gasteiger partial charge in [-0.1, -0.05) is 0 Å². The van der Waals surface area contributed by atoms with E-state index in [0.29, 0.717) is 23.8 Å². The van der Waals surface area contributed by atoms with Crippen molar-refractivity contribution in [1.82, 2.24) is 19.9 Å². The van der Waals surface area contributed by atoms with Crippen LogP contribution in [0.1, 0.15) is 19.3 Å². The number of halogens is 3. The van der Waals surface area contributed by atoms with Crippen LogP contribution in [-0.2, 0) is 9.53 Å². The van der Waals surface area contributed by atoms with E-state index < -0.39 is 12.1 Å². The van der Waals surface area contributed by atoms with Gasteiger partial charge >= 0.3 is 18.2 Å². The zero-order chi connectivity index (χ0) is 20.0. The summed E-state index contributed by atoms with van der Waals surface area (Å²) < 4.78 is 47.9. The number of nitrogens with zero attached hydrogens (tertiary/aromatic N) is 3. The van der Waals surface area contributed by atoms with Crippen molar-refractivity contribution in [2.24, 2.45) is 0 Å². The van der Waals surface area contributed by atoms with Gasteiger partial charge < -0.3 is 30.0 Å². The molecule has 0 saturated carbocycles. The van der Waals surface area contributed by atoms with E-state index in [1.54, 1.807) is 0 Å². The van der Waals surface area contributed by atoms with Crippen LogP contribution in [0.15, 0.2) is 0 Å². The topological polar surface area (TPSA) is 145 Å². The van der Waals surface area contributed by atoms with E-state index >= 15 is 0 Å². The number of anilines is 1. The molecule has 10 nitrogen and oxygen atoms in total. The molecule has 3 heterocycles. The first-order valence-electron chi connectivity index (χ1n) is 7.82. The number of rotatable bonds is 4.